The number of hydrogen-bond donors (Lipinski definition) is 2. The summed E-state index contributed by atoms with van der Waals surface area (Å²) in [6, 6.07) is 0. The van der Waals surface area contributed by atoms with Gasteiger partial charge in [-0.05, 0) is 38.8 Å². The largest absolute Gasteiger partial charge is 0.330 e. The average Bonchev–Trinajstić information content (AvgIpc) is 2.53. The molecule has 0 aliphatic carbocycles. The van der Waals surface area contributed by atoms with Crippen molar-refractivity contribution in [3.8, 4) is 0 Å². The molecule has 0 saturated carbocycles. The van der Waals surface area contributed by atoms with E-state index in [9.17, 15) is 4.57 Å². The van der Waals surface area contributed by atoms with Crippen LogP contribution in [0.5, 0.6) is 0 Å². The van der Waals surface area contributed by atoms with Crippen LogP contribution in [0.15, 0.2) is 0 Å². The van der Waals surface area contributed by atoms with Crippen molar-refractivity contribution < 1.29 is 55.4 Å². The van der Waals surface area contributed by atoms with Gasteiger partial charge in [-0.3, -0.25) is 4.57 Å². The smallest absolute Gasteiger partial charge is 0.319 e. The van der Waals surface area contributed by atoms with Gasteiger partial charge in [0.25, 0.3) is 0 Å². The van der Waals surface area contributed by atoms with E-state index in [0.29, 0.717) is 13.2 Å². The first-order valence-electron chi connectivity index (χ1n) is 6.01. The summed E-state index contributed by atoms with van der Waals surface area (Å²) in [6.45, 7) is 2.84. The summed E-state index contributed by atoms with van der Waals surface area (Å²) >= 11 is 0. The van der Waals surface area contributed by atoms with E-state index in [1.165, 1.54) is 12.8 Å². The Kier molecular flexibility index (Phi) is 21.3. The Balaban J connectivity index is 0. The SMILES string of the molecule is NCCCCCCN.O=[PH]1OCCCCO1.[Ce]. The van der Waals surface area contributed by atoms with E-state index in [2.05, 4.69) is 0 Å². The first-order chi connectivity index (χ1) is 7.81. The topological polar surface area (TPSA) is 87.6 Å². The van der Waals surface area contributed by atoms with Crippen LogP contribution in [0.1, 0.15) is 38.5 Å². The molecule has 5 nitrogen and oxygen atoms in total. The zero-order valence-corrected chi connectivity index (χ0v) is 14.6. The summed E-state index contributed by atoms with van der Waals surface area (Å²) in [5.74, 6) is 0. The molecule has 1 heterocycles. The Morgan fingerprint density at radius 2 is 1.29 bits per heavy atom. The Labute approximate surface area is 139 Å². The van der Waals surface area contributed by atoms with Crippen LogP contribution >= 0.6 is 8.25 Å². The number of rotatable bonds is 5. The number of hydrogen-bond acceptors (Lipinski definition) is 5. The van der Waals surface area contributed by atoms with Gasteiger partial charge in [-0.2, -0.15) is 0 Å². The third-order valence-corrected chi connectivity index (χ3v) is 3.02. The van der Waals surface area contributed by atoms with Crippen molar-refractivity contribution in [2.75, 3.05) is 26.3 Å². The molecule has 4 N–H and O–H groups in total. The summed E-state index contributed by atoms with van der Waals surface area (Å²) < 4.78 is 19.9. The second-order valence-corrected chi connectivity index (χ2v) is 4.72. The molecule has 1 saturated heterocycles. The van der Waals surface area contributed by atoms with Crippen LogP contribution in [-0.2, 0) is 13.6 Å². The van der Waals surface area contributed by atoms with E-state index in [4.69, 9.17) is 20.5 Å². The first-order valence-corrected chi connectivity index (χ1v) is 7.23. The standard InChI is InChI=1S/C6H16N2.C4H9O3P.Ce/c7-5-3-1-2-4-6-8;5-8-6-3-1-2-4-7-8;/h1-8H2;8H,1-4H2;. The van der Waals surface area contributed by atoms with Crippen molar-refractivity contribution in [2.24, 2.45) is 11.5 Å². The van der Waals surface area contributed by atoms with Gasteiger partial charge in [-0.25, -0.2) is 0 Å². The molecule has 0 atom stereocenters. The Bertz CT molecular complexity index is 160. The second kappa shape index (κ2) is 17.4. The molecule has 1 aliphatic rings. The summed E-state index contributed by atoms with van der Waals surface area (Å²) in [6.07, 6.45) is 6.73. The molecule has 0 aromatic heterocycles. The maximum Gasteiger partial charge on any atom is 0.319 e. The summed E-state index contributed by atoms with van der Waals surface area (Å²) in [5, 5.41) is 0. The van der Waals surface area contributed by atoms with Gasteiger partial charge in [-0.1, -0.05) is 12.8 Å². The van der Waals surface area contributed by atoms with Crippen LogP contribution in [0, 0.1) is 41.7 Å². The van der Waals surface area contributed by atoms with Crippen molar-refractivity contribution in [2.45, 2.75) is 38.5 Å². The molecule has 1 rings (SSSR count). The molecule has 102 valence electrons. The van der Waals surface area contributed by atoms with Gasteiger partial charge in [0.2, 0.25) is 0 Å². The monoisotopic (exact) mass is 392 g/mol. The van der Waals surface area contributed by atoms with Crippen molar-refractivity contribution >= 4 is 8.25 Å². The second-order valence-electron chi connectivity index (χ2n) is 3.65. The summed E-state index contributed by atoms with van der Waals surface area (Å²) in [4.78, 5) is 0. The van der Waals surface area contributed by atoms with E-state index in [-0.39, 0.29) is 41.7 Å². The van der Waals surface area contributed by atoms with E-state index in [1.807, 2.05) is 0 Å². The zero-order chi connectivity index (χ0) is 12.1. The quantitative estimate of drug-likeness (QED) is 0.549. The fourth-order valence-electron chi connectivity index (χ4n) is 1.20. The molecule has 0 bridgehead atoms. The molecule has 0 aromatic carbocycles. The van der Waals surface area contributed by atoms with Crippen LogP contribution in [0.25, 0.3) is 0 Å². The van der Waals surface area contributed by atoms with Crippen LogP contribution < -0.4 is 11.5 Å². The van der Waals surface area contributed by atoms with Crippen LogP contribution in [0.3, 0.4) is 0 Å². The molecule has 0 unspecified atom stereocenters. The molecule has 0 spiro atoms. The Morgan fingerprint density at radius 1 is 0.882 bits per heavy atom. The Hall–Kier alpha value is 1.45. The van der Waals surface area contributed by atoms with Crippen molar-refractivity contribution in [3.63, 3.8) is 0 Å². The first kappa shape index (κ1) is 20.8. The third-order valence-electron chi connectivity index (χ3n) is 2.14. The van der Waals surface area contributed by atoms with E-state index in [0.717, 1.165) is 38.8 Å². The molecule has 17 heavy (non-hydrogen) atoms. The van der Waals surface area contributed by atoms with Gasteiger partial charge >= 0.3 is 8.25 Å². The number of unbranched alkanes of at least 4 members (excludes halogenated alkanes) is 3. The van der Waals surface area contributed by atoms with Crippen LogP contribution in [0.2, 0.25) is 0 Å². The minimum Gasteiger partial charge on any atom is -0.330 e. The fraction of sp³-hybridized carbons (Fsp3) is 1.00. The number of nitrogens with two attached hydrogens (primary N) is 2. The van der Waals surface area contributed by atoms with Crippen LogP contribution in [0.4, 0.5) is 0 Å². The van der Waals surface area contributed by atoms with E-state index < -0.39 is 8.25 Å². The molecule has 0 radical (unpaired) electrons. The normalized spacial score (nSPS) is 16.4. The Morgan fingerprint density at radius 3 is 1.65 bits per heavy atom. The minimum absolute atomic E-state index is 0. The van der Waals surface area contributed by atoms with Gasteiger partial charge in [-0.15, -0.1) is 0 Å². The molecular weight excluding hydrogens is 367 g/mol. The molecule has 1 fully saturated rings. The van der Waals surface area contributed by atoms with Gasteiger partial charge in [0, 0.05) is 41.7 Å². The molecule has 0 amide bonds. The van der Waals surface area contributed by atoms with Gasteiger partial charge in [0.05, 0.1) is 13.2 Å². The fourth-order valence-corrected chi connectivity index (χ4v) is 1.90. The third kappa shape index (κ3) is 17.4. The van der Waals surface area contributed by atoms with E-state index in [1.54, 1.807) is 0 Å². The maximum absolute atomic E-state index is 10.4. The van der Waals surface area contributed by atoms with Gasteiger partial charge in [0.15, 0.2) is 0 Å². The van der Waals surface area contributed by atoms with Crippen LogP contribution in [-0.4, -0.2) is 26.3 Å². The van der Waals surface area contributed by atoms with Gasteiger partial charge < -0.3 is 20.5 Å². The zero-order valence-electron chi connectivity index (χ0n) is 10.5. The predicted molar refractivity (Wildman–Crippen MR) is 66.7 cm³/mol. The molecule has 0 aromatic rings. The van der Waals surface area contributed by atoms with Crippen molar-refractivity contribution in [1.82, 2.24) is 0 Å². The van der Waals surface area contributed by atoms with Gasteiger partial charge in [0.1, 0.15) is 0 Å². The summed E-state index contributed by atoms with van der Waals surface area (Å²) in [5.41, 5.74) is 10.6. The minimum atomic E-state index is -2.08. The maximum atomic E-state index is 10.4. The molecule has 1 aliphatic heterocycles. The molecular formula is C10H25CeN2O3P. The average molecular weight is 392 g/mol. The summed E-state index contributed by atoms with van der Waals surface area (Å²) in [7, 11) is -2.08. The predicted octanol–water partition coefficient (Wildman–Crippen LogP) is 1.67. The van der Waals surface area contributed by atoms with Crippen molar-refractivity contribution in [3.05, 3.63) is 0 Å². The molecule has 7 heteroatoms. The van der Waals surface area contributed by atoms with Crippen molar-refractivity contribution in [1.29, 1.82) is 0 Å². The van der Waals surface area contributed by atoms with E-state index >= 15 is 0 Å².